The molecular weight excluding hydrogens is 254 g/mol. The number of rotatable bonds is 7. The molecule has 1 heteroatoms. The molecule has 2 rings (SSSR count). The summed E-state index contributed by atoms with van der Waals surface area (Å²) in [5, 5.41) is 3.62. The van der Waals surface area contributed by atoms with E-state index in [2.05, 4.69) is 51.2 Å². The van der Waals surface area contributed by atoms with Gasteiger partial charge in [-0.25, -0.2) is 0 Å². The van der Waals surface area contributed by atoms with E-state index in [1.165, 1.54) is 62.6 Å². The SMILES string of the molecule is Cc1ccc(C)c(CCC2(CCNC(C)C)CCCC2)c1. The van der Waals surface area contributed by atoms with E-state index in [1.54, 1.807) is 5.56 Å². The maximum Gasteiger partial charge on any atom is 0.00103 e. The quantitative estimate of drug-likeness (QED) is 0.728. The lowest BCUT2D eigenvalue weighted by molar-refractivity contribution is 0.242. The van der Waals surface area contributed by atoms with Crippen LogP contribution in [0.4, 0.5) is 0 Å². The maximum absolute atomic E-state index is 3.62. The normalized spacial score (nSPS) is 17.6. The molecule has 1 aliphatic carbocycles. The molecule has 118 valence electrons. The molecule has 0 aromatic heterocycles. The minimum absolute atomic E-state index is 0.609. The maximum atomic E-state index is 3.62. The van der Waals surface area contributed by atoms with E-state index in [4.69, 9.17) is 0 Å². The Hall–Kier alpha value is -0.820. The molecule has 1 aliphatic rings. The molecular formula is C20H33N. The largest absolute Gasteiger partial charge is 0.315 e. The van der Waals surface area contributed by atoms with Crippen molar-refractivity contribution in [2.45, 2.75) is 78.7 Å². The molecule has 1 nitrogen and oxygen atoms in total. The topological polar surface area (TPSA) is 12.0 Å². The summed E-state index contributed by atoms with van der Waals surface area (Å²) in [5.74, 6) is 0. The first kappa shape index (κ1) is 16.5. The zero-order valence-electron chi connectivity index (χ0n) is 14.5. The predicted molar refractivity (Wildman–Crippen MR) is 92.9 cm³/mol. The van der Waals surface area contributed by atoms with Gasteiger partial charge in [0.2, 0.25) is 0 Å². The molecule has 0 aliphatic heterocycles. The average Bonchev–Trinajstić information content (AvgIpc) is 2.89. The monoisotopic (exact) mass is 287 g/mol. The molecule has 0 heterocycles. The van der Waals surface area contributed by atoms with Gasteiger partial charge in [-0.15, -0.1) is 0 Å². The average molecular weight is 287 g/mol. The number of hydrogen-bond acceptors (Lipinski definition) is 1. The zero-order chi connectivity index (χ0) is 15.3. The van der Waals surface area contributed by atoms with Crippen LogP contribution in [-0.4, -0.2) is 12.6 Å². The van der Waals surface area contributed by atoms with Gasteiger partial charge in [0.25, 0.3) is 0 Å². The van der Waals surface area contributed by atoms with Crippen LogP contribution in [0.15, 0.2) is 18.2 Å². The van der Waals surface area contributed by atoms with Gasteiger partial charge in [0.1, 0.15) is 0 Å². The molecule has 0 bridgehead atoms. The van der Waals surface area contributed by atoms with Crippen molar-refractivity contribution >= 4 is 0 Å². The second-order valence-corrected chi connectivity index (χ2v) is 7.50. The first-order chi connectivity index (χ1) is 10.0. The van der Waals surface area contributed by atoms with Crippen molar-refractivity contribution in [3.05, 3.63) is 34.9 Å². The molecule has 1 N–H and O–H groups in total. The highest BCUT2D eigenvalue weighted by Gasteiger charge is 2.32. The van der Waals surface area contributed by atoms with E-state index in [1.807, 2.05) is 0 Å². The van der Waals surface area contributed by atoms with Gasteiger partial charge in [0.15, 0.2) is 0 Å². The first-order valence-corrected chi connectivity index (χ1v) is 8.80. The molecule has 21 heavy (non-hydrogen) atoms. The molecule has 1 fully saturated rings. The van der Waals surface area contributed by atoms with Gasteiger partial charge in [-0.05, 0) is 69.0 Å². The fourth-order valence-corrected chi connectivity index (χ4v) is 3.85. The molecule has 0 unspecified atom stereocenters. The van der Waals surface area contributed by atoms with E-state index in [-0.39, 0.29) is 0 Å². The lowest BCUT2D eigenvalue weighted by Gasteiger charge is -2.30. The number of hydrogen-bond donors (Lipinski definition) is 1. The van der Waals surface area contributed by atoms with Crippen LogP contribution in [0.5, 0.6) is 0 Å². The highest BCUT2D eigenvalue weighted by atomic mass is 14.9. The molecule has 1 saturated carbocycles. The van der Waals surface area contributed by atoms with Crippen LogP contribution >= 0.6 is 0 Å². The van der Waals surface area contributed by atoms with Crippen LogP contribution in [0.1, 0.15) is 69.1 Å². The highest BCUT2D eigenvalue weighted by Crippen LogP contribution is 2.44. The fourth-order valence-electron chi connectivity index (χ4n) is 3.85. The minimum atomic E-state index is 0.609. The van der Waals surface area contributed by atoms with Gasteiger partial charge in [0, 0.05) is 6.04 Å². The summed E-state index contributed by atoms with van der Waals surface area (Å²) in [4.78, 5) is 0. The Bertz CT molecular complexity index is 441. The summed E-state index contributed by atoms with van der Waals surface area (Å²) in [7, 11) is 0. The zero-order valence-corrected chi connectivity index (χ0v) is 14.5. The van der Waals surface area contributed by atoms with Crippen LogP contribution in [0.2, 0.25) is 0 Å². The van der Waals surface area contributed by atoms with E-state index < -0.39 is 0 Å². The van der Waals surface area contributed by atoms with Crippen molar-refractivity contribution in [2.24, 2.45) is 5.41 Å². The summed E-state index contributed by atoms with van der Waals surface area (Å²) < 4.78 is 0. The minimum Gasteiger partial charge on any atom is -0.315 e. The lowest BCUT2D eigenvalue weighted by atomic mass is 9.77. The van der Waals surface area contributed by atoms with Gasteiger partial charge in [-0.3, -0.25) is 0 Å². The summed E-state index contributed by atoms with van der Waals surface area (Å²) in [6, 6.07) is 7.52. The van der Waals surface area contributed by atoms with E-state index >= 15 is 0 Å². The Balaban J connectivity index is 1.94. The van der Waals surface area contributed by atoms with Crippen LogP contribution in [0, 0.1) is 19.3 Å². The summed E-state index contributed by atoms with van der Waals surface area (Å²) in [6.07, 6.45) is 9.75. The second kappa shape index (κ2) is 7.45. The van der Waals surface area contributed by atoms with Crippen molar-refractivity contribution in [2.75, 3.05) is 6.54 Å². The summed E-state index contributed by atoms with van der Waals surface area (Å²) in [5.41, 5.74) is 5.04. The molecule has 0 atom stereocenters. The standard InChI is InChI=1S/C20H33N/c1-16(2)21-14-13-20(10-5-6-11-20)12-9-19-15-17(3)7-8-18(19)4/h7-8,15-16,21H,5-6,9-14H2,1-4H3. The lowest BCUT2D eigenvalue weighted by Crippen LogP contribution is -2.29. The van der Waals surface area contributed by atoms with Crippen molar-refractivity contribution < 1.29 is 0 Å². The van der Waals surface area contributed by atoms with Crippen molar-refractivity contribution in [3.63, 3.8) is 0 Å². The van der Waals surface area contributed by atoms with Crippen LogP contribution < -0.4 is 5.32 Å². The van der Waals surface area contributed by atoms with E-state index in [9.17, 15) is 0 Å². The molecule has 0 saturated heterocycles. The second-order valence-electron chi connectivity index (χ2n) is 7.50. The summed E-state index contributed by atoms with van der Waals surface area (Å²) in [6.45, 7) is 10.1. The molecule has 0 radical (unpaired) electrons. The van der Waals surface area contributed by atoms with Crippen molar-refractivity contribution in [1.82, 2.24) is 5.32 Å². The van der Waals surface area contributed by atoms with Crippen LogP contribution in [-0.2, 0) is 6.42 Å². The molecule has 0 amide bonds. The van der Waals surface area contributed by atoms with Gasteiger partial charge >= 0.3 is 0 Å². The number of nitrogens with one attached hydrogen (secondary N) is 1. The van der Waals surface area contributed by atoms with Gasteiger partial charge in [0.05, 0.1) is 0 Å². The Kier molecular flexibility index (Phi) is 5.87. The third-order valence-corrected chi connectivity index (χ3v) is 5.30. The molecule has 1 aromatic rings. The highest BCUT2D eigenvalue weighted by molar-refractivity contribution is 5.30. The van der Waals surface area contributed by atoms with Crippen LogP contribution in [0.3, 0.4) is 0 Å². The number of aryl methyl sites for hydroxylation is 3. The first-order valence-electron chi connectivity index (χ1n) is 8.80. The summed E-state index contributed by atoms with van der Waals surface area (Å²) >= 11 is 0. The number of benzene rings is 1. The Labute approximate surface area is 131 Å². The van der Waals surface area contributed by atoms with Crippen LogP contribution in [0.25, 0.3) is 0 Å². The van der Waals surface area contributed by atoms with E-state index in [0.29, 0.717) is 11.5 Å². The Morgan fingerprint density at radius 3 is 2.48 bits per heavy atom. The van der Waals surface area contributed by atoms with Gasteiger partial charge in [-0.1, -0.05) is 50.5 Å². The van der Waals surface area contributed by atoms with Gasteiger partial charge < -0.3 is 5.32 Å². The van der Waals surface area contributed by atoms with E-state index in [0.717, 1.165) is 0 Å². The smallest absolute Gasteiger partial charge is 0.00103 e. The Morgan fingerprint density at radius 2 is 1.81 bits per heavy atom. The van der Waals surface area contributed by atoms with Crippen molar-refractivity contribution in [3.8, 4) is 0 Å². The third-order valence-electron chi connectivity index (χ3n) is 5.30. The third kappa shape index (κ3) is 4.85. The molecule has 0 spiro atoms. The predicted octanol–water partition coefficient (Wildman–Crippen LogP) is 5.18. The van der Waals surface area contributed by atoms with Gasteiger partial charge in [-0.2, -0.15) is 0 Å². The Morgan fingerprint density at radius 1 is 1.10 bits per heavy atom. The van der Waals surface area contributed by atoms with Crippen molar-refractivity contribution in [1.29, 1.82) is 0 Å². The molecule has 1 aromatic carbocycles. The fraction of sp³-hybridized carbons (Fsp3) is 0.700.